The Morgan fingerprint density at radius 3 is 2.21 bits per heavy atom. The molecule has 2 rings (SSSR count). The number of hydrogen-bond acceptors (Lipinski definition) is 5. The first-order chi connectivity index (χ1) is 13.1. The van der Waals surface area contributed by atoms with Gasteiger partial charge in [-0.1, -0.05) is 27.7 Å². The zero-order chi connectivity index (χ0) is 21.0. The fraction of sp³-hybridized carbons (Fsp3) is 0.810. The molecule has 2 unspecified atom stereocenters. The van der Waals surface area contributed by atoms with Crippen LogP contribution in [0.2, 0.25) is 0 Å². The molecule has 2 atom stereocenters. The minimum absolute atomic E-state index is 0.0229. The molecule has 0 aromatic rings. The average molecular weight is 412 g/mol. The van der Waals surface area contributed by atoms with Crippen molar-refractivity contribution in [3.05, 3.63) is 0 Å². The summed E-state index contributed by atoms with van der Waals surface area (Å²) in [6.07, 6.45) is 3.43. The molecule has 0 bridgehead atoms. The van der Waals surface area contributed by atoms with Crippen molar-refractivity contribution in [2.45, 2.75) is 71.5 Å². The molecule has 1 heterocycles. The summed E-state index contributed by atoms with van der Waals surface area (Å²) in [5.41, 5.74) is 0. The van der Waals surface area contributed by atoms with Crippen LogP contribution in [0.4, 0.5) is 0 Å². The van der Waals surface area contributed by atoms with E-state index in [0.29, 0.717) is 12.3 Å². The van der Waals surface area contributed by atoms with Gasteiger partial charge < -0.3 is 4.55 Å². The molecule has 0 N–H and O–H groups in total. The van der Waals surface area contributed by atoms with Gasteiger partial charge in [0.05, 0.1) is 12.8 Å². The fourth-order valence-electron chi connectivity index (χ4n) is 4.04. The molecular weight excluding hydrogens is 378 g/mol. The zero-order valence-corrected chi connectivity index (χ0v) is 18.3. The number of carbonyl (C=O) groups is 4. The lowest BCUT2D eigenvalue weighted by molar-refractivity contribution is -0.139. The summed E-state index contributed by atoms with van der Waals surface area (Å²) >= 11 is -1.51. The standard InChI is InChI=1S/C21H33NO5S/c1-13(2)17(23)9-10-28(27)18-11-19(24)22(21(18)26)12-15-5-7-16(8-6-15)20(25)14(3)4/h13-16,18H,5-12H2,1-4H3. The highest BCUT2D eigenvalue weighted by molar-refractivity contribution is 7.92. The van der Waals surface area contributed by atoms with E-state index in [1.165, 1.54) is 4.90 Å². The van der Waals surface area contributed by atoms with Crippen LogP contribution in [0.15, 0.2) is 0 Å². The molecule has 1 saturated heterocycles. The smallest absolute Gasteiger partial charge is 0.282 e. The van der Waals surface area contributed by atoms with Gasteiger partial charge >= 0.3 is 0 Å². The number of ketones is 2. The van der Waals surface area contributed by atoms with Crippen LogP contribution in [0.1, 0.15) is 66.2 Å². The third-order valence-electron chi connectivity index (χ3n) is 5.97. The zero-order valence-electron chi connectivity index (χ0n) is 17.4. The van der Waals surface area contributed by atoms with E-state index in [0.717, 1.165) is 25.7 Å². The average Bonchev–Trinajstić information content (AvgIpc) is 2.93. The predicted molar refractivity (Wildman–Crippen MR) is 108 cm³/mol. The number of carbonyl (C=O) groups excluding carboxylic acids is 4. The van der Waals surface area contributed by atoms with E-state index in [9.17, 15) is 23.7 Å². The first-order valence-corrected chi connectivity index (χ1v) is 11.8. The van der Waals surface area contributed by atoms with Crippen LogP contribution >= 0.6 is 0 Å². The molecular formula is C21H33NO5S. The summed E-state index contributed by atoms with van der Waals surface area (Å²) in [7, 11) is 0. The van der Waals surface area contributed by atoms with Crippen molar-refractivity contribution in [1.29, 1.82) is 0 Å². The summed E-state index contributed by atoms with van der Waals surface area (Å²) in [5.74, 6) is 0.0664. The van der Waals surface area contributed by atoms with Crippen LogP contribution < -0.4 is 0 Å². The Balaban J connectivity index is 1.85. The topological polar surface area (TPSA) is 94.6 Å². The van der Waals surface area contributed by atoms with E-state index in [4.69, 9.17) is 0 Å². The summed E-state index contributed by atoms with van der Waals surface area (Å²) in [6.45, 7) is 7.79. The van der Waals surface area contributed by atoms with Gasteiger partial charge in [0.2, 0.25) is 11.2 Å². The van der Waals surface area contributed by atoms with Crippen LogP contribution in [0.3, 0.4) is 0 Å². The van der Waals surface area contributed by atoms with Crippen molar-refractivity contribution >= 4 is 34.6 Å². The number of hydrogen-bond donors (Lipinski definition) is 0. The summed E-state index contributed by atoms with van der Waals surface area (Å²) in [5, 5.41) is -0.814. The molecule has 1 aliphatic heterocycles. The first kappa shape index (κ1) is 23.1. The maximum Gasteiger partial charge on any atom is 0.282 e. The molecule has 2 fully saturated rings. The second kappa shape index (κ2) is 10.0. The lowest BCUT2D eigenvalue weighted by atomic mass is 9.77. The van der Waals surface area contributed by atoms with Crippen molar-refractivity contribution < 1.29 is 23.7 Å². The molecule has 0 aromatic heterocycles. The maximum absolute atomic E-state index is 12.6. The van der Waals surface area contributed by atoms with Crippen LogP contribution in [0.25, 0.3) is 0 Å². The van der Waals surface area contributed by atoms with Gasteiger partial charge in [-0.05, 0) is 42.8 Å². The molecule has 6 nitrogen and oxygen atoms in total. The second-order valence-corrected chi connectivity index (χ2v) is 10.5. The number of rotatable bonds is 9. The quantitative estimate of drug-likeness (QED) is 0.429. The van der Waals surface area contributed by atoms with Gasteiger partial charge in [0, 0.05) is 24.3 Å². The monoisotopic (exact) mass is 411 g/mol. The van der Waals surface area contributed by atoms with Crippen LogP contribution in [-0.2, 0) is 30.4 Å². The molecule has 7 heteroatoms. The van der Waals surface area contributed by atoms with Gasteiger partial charge in [0.1, 0.15) is 17.3 Å². The number of imide groups is 1. The highest BCUT2D eigenvalue weighted by atomic mass is 32.2. The van der Waals surface area contributed by atoms with Crippen LogP contribution in [0.5, 0.6) is 0 Å². The number of amides is 2. The number of likely N-dealkylation sites (tertiary alicyclic amines) is 1. The number of Topliss-reactive ketones (excluding diaryl/α,β-unsaturated/α-hetero) is 2. The van der Waals surface area contributed by atoms with Gasteiger partial charge in [0.25, 0.3) is 5.91 Å². The van der Waals surface area contributed by atoms with Gasteiger partial charge in [0.15, 0.2) is 0 Å². The summed E-state index contributed by atoms with van der Waals surface area (Å²) in [4.78, 5) is 50.1. The van der Waals surface area contributed by atoms with Gasteiger partial charge in [-0.15, -0.1) is 0 Å². The normalized spacial score (nSPS) is 27.0. The van der Waals surface area contributed by atoms with Crippen molar-refractivity contribution in [3.63, 3.8) is 0 Å². The lowest BCUT2D eigenvalue weighted by Crippen LogP contribution is -2.40. The van der Waals surface area contributed by atoms with Gasteiger partial charge in [-0.2, -0.15) is 0 Å². The lowest BCUT2D eigenvalue weighted by Gasteiger charge is -2.30. The molecule has 0 spiro atoms. The molecule has 2 aliphatic rings. The van der Waals surface area contributed by atoms with Gasteiger partial charge in [-0.25, -0.2) is 0 Å². The van der Waals surface area contributed by atoms with E-state index < -0.39 is 16.4 Å². The van der Waals surface area contributed by atoms with Crippen LogP contribution in [0, 0.1) is 23.7 Å². The SMILES string of the molecule is CC(C)C(=O)CC[S+]([O-])C1CC(=O)N(CC2CCC(C(=O)C(C)C)CC2)C1=O. The van der Waals surface area contributed by atoms with Crippen molar-refractivity contribution in [2.75, 3.05) is 12.3 Å². The second-order valence-electron chi connectivity index (χ2n) is 8.77. The Labute approximate surface area is 171 Å². The molecule has 0 radical (unpaired) electrons. The predicted octanol–water partition coefficient (Wildman–Crippen LogP) is 2.51. The van der Waals surface area contributed by atoms with E-state index in [-0.39, 0.29) is 59.9 Å². The van der Waals surface area contributed by atoms with Crippen LogP contribution in [-0.4, -0.2) is 50.4 Å². The van der Waals surface area contributed by atoms with E-state index >= 15 is 0 Å². The fourth-order valence-corrected chi connectivity index (χ4v) is 5.41. The molecule has 1 aliphatic carbocycles. The third-order valence-corrected chi connectivity index (χ3v) is 7.58. The minimum Gasteiger partial charge on any atom is -0.616 e. The maximum atomic E-state index is 12.6. The van der Waals surface area contributed by atoms with E-state index in [1.54, 1.807) is 13.8 Å². The van der Waals surface area contributed by atoms with Crippen molar-refractivity contribution in [1.82, 2.24) is 4.90 Å². The molecule has 158 valence electrons. The Kier molecular flexibility index (Phi) is 8.25. The summed E-state index contributed by atoms with van der Waals surface area (Å²) < 4.78 is 12.5. The van der Waals surface area contributed by atoms with Gasteiger partial charge in [-0.3, -0.25) is 24.1 Å². The molecule has 28 heavy (non-hydrogen) atoms. The highest BCUT2D eigenvalue weighted by Crippen LogP contribution is 2.33. The van der Waals surface area contributed by atoms with E-state index in [1.807, 2.05) is 13.8 Å². The van der Waals surface area contributed by atoms with Crippen molar-refractivity contribution in [3.8, 4) is 0 Å². The summed E-state index contributed by atoms with van der Waals surface area (Å²) in [6, 6.07) is 0. The van der Waals surface area contributed by atoms with Crippen molar-refractivity contribution in [2.24, 2.45) is 23.7 Å². The largest absolute Gasteiger partial charge is 0.616 e. The molecule has 1 saturated carbocycles. The highest BCUT2D eigenvalue weighted by Gasteiger charge is 2.46. The Bertz CT molecular complexity index is 610. The Hall–Kier alpha value is -1.21. The Morgan fingerprint density at radius 1 is 1.07 bits per heavy atom. The van der Waals surface area contributed by atoms with E-state index in [2.05, 4.69) is 0 Å². The number of nitrogens with zero attached hydrogens (tertiary/aromatic N) is 1. The third kappa shape index (κ3) is 5.66. The first-order valence-electron chi connectivity index (χ1n) is 10.4. The molecule has 0 aromatic carbocycles. The minimum atomic E-state index is -1.51. The Morgan fingerprint density at radius 2 is 1.68 bits per heavy atom. The molecule has 2 amide bonds.